The summed E-state index contributed by atoms with van der Waals surface area (Å²) in [5, 5.41) is 15.3. The smallest absolute Gasteiger partial charge is 0.343 e. The summed E-state index contributed by atoms with van der Waals surface area (Å²) < 4.78 is 10.7. The second-order valence-electron chi connectivity index (χ2n) is 7.24. The van der Waals surface area contributed by atoms with Crippen molar-refractivity contribution in [1.82, 2.24) is 15.6 Å². The maximum atomic E-state index is 12.4. The van der Waals surface area contributed by atoms with Gasteiger partial charge in [0.05, 0.1) is 18.9 Å². The van der Waals surface area contributed by atoms with Gasteiger partial charge in [-0.15, -0.1) is 10.2 Å². The number of carbonyl (C=O) groups excluding carboxylic acids is 3. The molecule has 10 nitrogen and oxygen atoms in total. The molecule has 0 unspecified atom stereocenters. The molecule has 0 aliphatic rings. The number of aromatic nitrogens is 2. The molecule has 4 rings (SSSR count). The third-order valence-corrected chi connectivity index (χ3v) is 5.86. The van der Waals surface area contributed by atoms with E-state index in [1.807, 2.05) is 30.3 Å². The van der Waals surface area contributed by atoms with Gasteiger partial charge in [-0.2, -0.15) is 5.10 Å². The van der Waals surface area contributed by atoms with E-state index in [0.717, 1.165) is 16.9 Å². The van der Waals surface area contributed by atoms with Gasteiger partial charge in [-0.1, -0.05) is 53.3 Å². The number of carbonyl (C=O) groups is 3. The van der Waals surface area contributed by atoms with Crippen LogP contribution in [-0.2, 0) is 9.59 Å². The van der Waals surface area contributed by atoms with Crippen molar-refractivity contribution in [3.63, 3.8) is 0 Å². The maximum Gasteiger partial charge on any atom is 0.343 e. The summed E-state index contributed by atoms with van der Waals surface area (Å²) in [5.41, 5.74) is 3.82. The van der Waals surface area contributed by atoms with Gasteiger partial charge in [-0.3, -0.25) is 14.9 Å². The first-order chi connectivity index (χ1) is 17.9. The number of hydrazone groups is 1. The fraction of sp³-hybridized carbons (Fsp3) is 0.0400. The molecule has 186 valence electrons. The fourth-order valence-electron chi connectivity index (χ4n) is 2.93. The number of nitrogens with one attached hydrogen (secondary N) is 2. The zero-order chi connectivity index (χ0) is 26.2. The van der Waals surface area contributed by atoms with Gasteiger partial charge >= 0.3 is 17.8 Å². The van der Waals surface area contributed by atoms with Crippen molar-refractivity contribution in [3.05, 3.63) is 88.9 Å². The van der Waals surface area contributed by atoms with Crippen LogP contribution in [0, 0.1) is 0 Å². The quantitative estimate of drug-likeness (QED) is 0.119. The molecule has 3 aromatic carbocycles. The number of amides is 2. The number of benzene rings is 3. The molecule has 1 heterocycles. The molecule has 0 radical (unpaired) electrons. The normalized spacial score (nSPS) is 10.6. The van der Waals surface area contributed by atoms with Crippen LogP contribution in [0.1, 0.15) is 15.9 Å². The molecule has 0 bridgehead atoms. The lowest BCUT2D eigenvalue weighted by molar-refractivity contribution is -0.136. The second kappa shape index (κ2) is 11.9. The number of rotatable bonds is 7. The van der Waals surface area contributed by atoms with Crippen LogP contribution in [0.2, 0.25) is 5.02 Å². The van der Waals surface area contributed by atoms with E-state index >= 15 is 0 Å². The zero-order valence-electron chi connectivity index (χ0n) is 19.2. The van der Waals surface area contributed by atoms with Gasteiger partial charge in [0.25, 0.3) is 0 Å². The minimum Gasteiger partial charge on any atom is -0.493 e. The van der Waals surface area contributed by atoms with Crippen molar-refractivity contribution in [2.45, 2.75) is 0 Å². The SMILES string of the molecule is COc1cc(/C=N/NC(=O)C(=O)Nc2nnc(-c3ccccc3)s2)ccc1OC(=O)c1ccc(Cl)cc1. The molecule has 2 amide bonds. The van der Waals surface area contributed by atoms with Gasteiger partial charge in [0.2, 0.25) is 5.13 Å². The number of hydrogen-bond acceptors (Lipinski definition) is 9. The van der Waals surface area contributed by atoms with E-state index in [1.54, 1.807) is 36.4 Å². The summed E-state index contributed by atoms with van der Waals surface area (Å²) in [6.07, 6.45) is 1.30. The van der Waals surface area contributed by atoms with Gasteiger partial charge < -0.3 is 9.47 Å². The lowest BCUT2D eigenvalue weighted by Crippen LogP contribution is -2.32. The molecule has 12 heteroatoms. The minimum absolute atomic E-state index is 0.177. The van der Waals surface area contributed by atoms with E-state index in [9.17, 15) is 14.4 Å². The summed E-state index contributed by atoms with van der Waals surface area (Å²) in [4.78, 5) is 36.6. The number of methoxy groups -OCH3 is 1. The molecule has 4 aromatic rings. The molecule has 0 saturated carbocycles. The van der Waals surface area contributed by atoms with Crippen molar-refractivity contribution >= 4 is 52.1 Å². The maximum absolute atomic E-state index is 12.4. The van der Waals surface area contributed by atoms with Crippen molar-refractivity contribution in [2.24, 2.45) is 5.10 Å². The molecule has 0 aliphatic carbocycles. The van der Waals surface area contributed by atoms with Gasteiger partial charge in [0.1, 0.15) is 5.01 Å². The topological polar surface area (TPSA) is 132 Å². The van der Waals surface area contributed by atoms with Crippen molar-refractivity contribution in [3.8, 4) is 22.1 Å². The van der Waals surface area contributed by atoms with Crippen LogP contribution in [0.3, 0.4) is 0 Å². The first-order valence-corrected chi connectivity index (χ1v) is 11.8. The Morgan fingerprint density at radius 1 is 0.946 bits per heavy atom. The Labute approximate surface area is 219 Å². The Bertz CT molecular complexity index is 1460. The molecule has 0 atom stereocenters. The van der Waals surface area contributed by atoms with E-state index in [0.29, 0.717) is 21.2 Å². The van der Waals surface area contributed by atoms with Gasteiger partial charge in [0.15, 0.2) is 11.5 Å². The molecular weight excluding hydrogens is 518 g/mol. The number of ether oxygens (including phenoxy) is 2. The van der Waals surface area contributed by atoms with Crippen molar-refractivity contribution in [2.75, 3.05) is 12.4 Å². The summed E-state index contributed by atoms with van der Waals surface area (Å²) in [6, 6.07) is 20.2. The number of anilines is 1. The minimum atomic E-state index is -0.992. The van der Waals surface area contributed by atoms with Crippen LogP contribution in [0.4, 0.5) is 5.13 Å². The number of esters is 1. The average Bonchev–Trinajstić information content (AvgIpc) is 3.38. The van der Waals surface area contributed by atoms with E-state index in [1.165, 1.54) is 19.4 Å². The standard InChI is InChI=1S/C25H18ClN5O5S/c1-35-20-13-15(7-12-19(20)36-24(34)17-8-10-18(26)11-9-17)14-27-29-22(33)21(32)28-25-31-30-23(37-25)16-5-3-2-4-6-16/h2-14H,1H3,(H,29,33)(H,28,31,32)/b27-14+. The van der Waals surface area contributed by atoms with E-state index in [4.69, 9.17) is 21.1 Å². The van der Waals surface area contributed by atoms with Gasteiger partial charge in [-0.05, 0) is 48.0 Å². The fourth-order valence-corrected chi connectivity index (χ4v) is 3.80. The predicted molar refractivity (Wildman–Crippen MR) is 139 cm³/mol. The van der Waals surface area contributed by atoms with Gasteiger partial charge in [-0.25, -0.2) is 10.2 Å². The first-order valence-electron chi connectivity index (χ1n) is 10.6. The molecule has 0 fully saturated rings. The van der Waals surface area contributed by atoms with Crippen LogP contribution in [0.25, 0.3) is 10.6 Å². The van der Waals surface area contributed by atoms with Gasteiger partial charge in [0, 0.05) is 10.6 Å². The van der Waals surface area contributed by atoms with E-state index in [2.05, 4.69) is 26.0 Å². The Morgan fingerprint density at radius 2 is 1.70 bits per heavy atom. The van der Waals surface area contributed by atoms with Crippen molar-refractivity contribution in [1.29, 1.82) is 0 Å². The third kappa shape index (κ3) is 6.75. The van der Waals surface area contributed by atoms with Crippen LogP contribution < -0.4 is 20.2 Å². The molecule has 1 aromatic heterocycles. The largest absolute Gasteiger partial charge is 0.493 e. The molecular formula is C25H18ClN5O5S. The Hall–Kier alpha value is -4.61. The van der Waals surface area contributed by atoms with Crippen LogP contribution in [-0.4, -0.2) is 41.3 Å². The highest BCUT2D eigenvalue weighted by molar-refractivity contribution is 7.18. The Morgan fingerprint density at radius 3 is 2.43 bits per heavy atom. The highest BCUT2D eigenvalue weighted by atomic mass is 35.5. The van der Waals surface area contributed by atoms with Crippen LogP contribution in [0.5, 0.6) is 11.5 Å². The highest BCUT2D eigenvalue weighted by Crippen LogP contribution is 2.29. The Balaban J connectivity index is 1.33. The number of halogens is 1. The van der Waals surface area contributed by atoms with Crippen LogP contribution >= 0.6 is 22.9 Å². The summed E-state index contributed by atoms with van der Waals surface area (Å²) in [5.74, 6) is -2.07. The van der Waals surface area contributed by atoms with E-state index < -0.39 is 17.8 Å². The van der Waals surface area contributed by atoms with E-state index in [-0.39, 0.29) is 16.6 Å². The van der Waals surface area contributed by atoms with Crippen LogP contribution in [0.15, 0.2) is 77.9 Å². The molecule has 37 heavy (non-hydrogen) atoms. The number of nitrogens with zero attached hydrogens (tertiary/aromatic N) is 3. The monoisotopic (exact) mass is 535 g/mol. The predicted octanol–water partition coefficient (Wildman–Crippen LogP) is 4.18. The summed E-state index contributed by atoms with van der Waals surface area (Å²) in [6.45, 7) is 0. The average molecular weight is 536 g/mol. The highest BCUT2D eigenvalue weighted by Gasteiger charge is 2.16. The summed E-state index contributed by atoms with van der Waals surface area (Å²) in [7, 11) is 1.42. The Kier molecular flexibility index (Phi) is 8.18. The zero-order valence-corrected chi connectivity index (χ0v) is 20.7. The lowest BCUT2D eigenvalue weighted by Gasteiger charge is -2.10. The third-order valence-electron chi connectivity index (χ3n) is 4.72. The second-order valence-corrected chi connectivity index (χ2v) is 8.65. The first kappa shape index (κ1) is 25.5. The molecule has 0 saturated heterocycles. The van der Waals surface area contributed by atoms with Crippen molar-refractivity contribution < 1.29 is 23.9 Å². The molecule has 0 aliphatic heterocycles. The molecule has 0 spiro atoms. The number of hydrogen-bond donors (Lipinski definition) is 2. The molecule has 2 N–H and O–H groups in total. The lowest BCUT2D eigenvalue weighted by atomic mass is 10.2. The summed E-state index contributed by atoms with van der Waals surface area (Å²) >= 11 is 6.97.